The third-order valence-electron chi connectivity index (χ3n) is 3.51. The lowest BCUT2D eigenvalue weighted by Crippen LogP contribution is -2.36. The quantitative estimate of drug-likeness (QED) is 0.733. The summed E-state index contributed by atoms with van der Waals surface area (Å²) in [6.07, 6.45) is 1.72. The molecule has 0 saturated carbocycles. The van der Waals surface area contributed by atoms with Crippen LogP contribution in [0.1, 0.15) is 29.3 Å². The van der Waals surface area contributed by atoms with Gasteiger partial charge in [-0.3, -0.25) is 4.79 Å². The maximum Gasteiger partial charge on any atom is 0.338 e. The third-order valence-corrected chi connectivity index (χ3v) is 4.00. The van der Waals surface area contributed by atoms with Gasteiger partial charge in [0.15, 0.2) is 6.61 Å². The van der Waals surface area contributed by atoms with E-state index in [4.69, 9.17) is 4.74 Å². The topological polar surface area (TPSA) is 55.4 Å². The predicted molar refractivity (Wildman–Crippen MR) is 96.8 cm³/mol. The zero-order valence-electron chi connectivity index (χ0n) is 13.5. The highest BCUT2D eigenvalue weighted by Gasteiger charge is 2.12. The molecule has 2 rings (SSSR count). The van der Waals surface area contributed by atoms with Gasteiger partial charge >= 0.3 is 5.97 Å². The lowest BCUT2D eigenvalue weighted by atomic mass is 10.1. The predicted octanol–water partition coefficient (Wildman–Crippen LogP) is 3.74. The van der Waals surface area contributed by atoms with Crippen molar-refractivity contribution in [1.82, 2.24) is 5.32 Å². The molecule has 5 heteroatoms. The van der Waals surface area contributed by atoms with Crippen LogP contribution in [-0.4, -0.2) is 24.5 Å². The molecule has 4 nitrogen and oxygen atoms in total. The number of halogens is 1. The number of nitrogens with one attached hydrogen (secondary N) is 1. The first-order valence-corrected chi connectivity index (χ1v) is 8.60. The second-order valence-electron chi connectivity index (χ2n) is 5.58. The summed E-state index contributed by atoms with van der Waals surface area (Å²) in [5.74, 6) is -0.803. The molecule has 24 heavy (non-hydrogen) atoms. The van der Waals surface area contributed by atoms with E-state index in [1.165, 1.54) is 5.56 Å². The number of hydrogen-bond acceptors (Lipinski definition) is 3. The van der Waals surface area contributed by atoms with E-state index >= 15 is 0 Å². The van der Waals surface area contributed by atoms with Gasteiger partial charge in [0, 0.05) is 10.5 Å². The van der Waals surface area contributed by atoms with Gasteiger partial charge in [-0.15, -0.1) is 0 Å². The summed E-state index contributed by atoms with van der Waals surface area (Å²) in [5.41, 5.74) is 1.65. The average Bonchev–Trinajstić information content (AvgIpc) is 2.59. The molecule has 0 radical (unpaired) electrons. The van der Waals surface area contributed by atoms with Crippen molar-refractivity contribution in [1.29, 1.82) is 0 Å². The molecule has 126 valence electrons. The fourth-order valence-electron chi connectivity index (χ4n) is 2.25. The summed E-state index contributed by atoms with van der Waals surface area (Å²) in [7, 11) is 0. The molecule has 1 amide bonds. The Kier molecular flexibility index (Phi) is 7.00. The molecular weight excluding hydrogens is 370 g/mol. The lowest BCUT2D eigenvalue weighted by Gasteiger charge is -2.14. The SMILES string of the molecule is C[C@@H](CCc1ccccc1)NC(=O)COC(=O)c1cccc(Br)c1. The first kappa shape index (κ1) is 18.2. The summed E-state index contributed by atoms with van der Waals surface area (Å²) in [6.45, 7) is 1.66. The minimum absolute atomic E-state index is 0.0160. The van der Waals surface area contributed by atoms with Crippen LogP contribution in [0.4, 0.5) is 0 Å². The highest BCUT2D eigenvalue weighted by atomic mass is 79.9. The van der Waals surface area contributed by atoms with Gasteiger partial charge in [-0.1, -0.05) is 52.3 Å². The largest absolute Gasteiger partial charge is 0.452 e. The normalized spacial score (nSPS) is 11.6. The van der Waals surface area contributed by atoms with E-state index in [2.05, 4.69) is 33.4 Å². The molecule has 2 aromatic rings. The first-order chi connectivity index (χ1) is 11.5. The van der Waals surface area contributed by atoms with Crippen molar-refractivity contribution in [2.24, 2.45) is 0 Å². The Morgan fingerprint density at radius 2 is 1.88 bits per heavy atom. The molecule has 0 bridgehead atoms. The highest BCUT2D eigenvalue weighted by molar-refractivity contribution is 9.10. The zero-order chi connectivity index (χ0) is 17.4. The summed E-state index contributed by atoms with van der Waals surface area (Å²) < 4.78 is 5.82. The molecule has 0 aliphatic heterocycles. The van der Waals surface area contributed by atoms with Crippen molar-refractivity contribution in [3.8, 4) is 0 Å². The van der Waals surface area contributed by atoms with Crippen molar-refractivity contribution in [2.75, 3.05) is 6.61 Å². The van der Waals surface area contributed by atoms with Crippen molar-refractivity contribution in [3.63, 3.8) is 0 Å². The minimum atomic E-state index is -0.511. The molecule has 0 unspecified atom stereocenters. The van der Waals surface area contributed by atoms with Gasteiger partial charge in [0.2, 0.25) is 0 Å². The van der Waals surface area contributed by atoms with Crippen LogP contribution in [0.15, 0.2) is 59.1 Å². The summed E-state index contributed by atoms with van der Waals surface area (Å²) in [6, 6.07) is 17.0. The van der Waals surface area contributed by atoms with E-state index in [9.17, 15) is 9.59 Å². The van der Waals surface area contributed by atoms with E-state index in [1.807, 2.05) is 31.2 Å². The highest BCUT2D eigenvalue weighted by Crippen LogP contribution is 2.12. The number of rotatable bonds is 7. The van der Waals surface area contributed by atoms with E-state index < -0.39 is 5.97 Å². The fourth-order valence-corrected chi connectivity index (χ4v) is 2.65. The van der Waals surface area contributed by atoms with E-state index in [0.717, 1.165) is 17.3 Å². The number of carbonyl (C=O) groups is 2. The molecule has 0 spiro atoms. The molecule has 1 N–H and O–H groups in total. The maximum absolute atomic E-state index is 11.9. The van der Waals surface area contributed by atoms with Crippen molar-refractivity contribution >= 4 is 27.8 Å². The second-order valence-corrected chi connectivity index (χ2v) is 6.49. The second kappa shape index (κ2) is 9.23. The van der Waals surface area contributed by atoms with Gasteiger partial charge in [-0.05, 0) is 43.5 Å². The fraction of sp³-hybridized carbons (Fsp3) is 0.263. The number of hydrogen-bond donors (Lipinski definition) is 1. The molecule has 1 atom stereocenters. The van der Waals surface area contributed by atoms with Crippen LogP contribution in [0.2, 0.25) is 0 Å². The first-order valence-electron chi connectivity index (χ1n) is 7.80. The van der Waals surface area contributed by atoms with Crippen molar-refractivity contribution in [2.45, 2.75) is 25.8 Å². The molecule has 0 aromatic heterocycles. The number of amides is 1. The zero-order valence-corrected chi connectivity index (χ0v) is 15.1. The molecule has 0 aliphatic rings. The summed E-state index contributed by atoms with van der Waals surface area (Å²) >= 11 is 3.29. The number of benzene rings is 2. The van der Waals surface area contributed by atoms with E-state index in [1.54, 1.807) is 18.2 Å². The third kappa shape index (κ3) is 6.16. The van der Waals surface area contributed by atoms with Crippen LogP contribution >= 0.6 is 15.9 Å². The Hall–Kier alpha value is -2.14. The number of aryl methyl sites for hydroxylation is 1. The van der Waals surface area contributed by atoms with Crippen LogP contribution in [0.5, 0.6) is 0 Å². The maximum atomic E-state index is 11.9. The van der Waals surface area contributed by atoms with Gasteiger partial charge in [0.25, 0.3) is 5.91 Å². The van der Waals surface area contributed by atoms with Crippen molar-refractivity contribution in [3.05, 3.63) is 70.2 Å². The molecule has 0 fully saturated rings. The lowest BCUT2D eigenvalue weighted by molar-refractivity contribution is -0.124. The molecule has 2 aromatic carbocycles. The van der Waals surface area contributed by atoms with Crippen molar-refractivity contribution < 1.29 is 14.3 Å². The van der Waals surface area contributed by atoms with Gasteiger partial charge in [0.05, 0.1) is 5.56 Å². The number of carbonyl (C=O) groups excluding carboxylic acids is 2. The molecule has 0 heterocycles. The Morgan fingerprint density at radius 3 is 2.58 bits per heavy atom. The molecule has 0 saturated heterocycles. The van der Waals surface area contributed by atoms with Gasteiger partial charge in [-0.2, -0.15) is 0 Å². The summed E-state index contributed by atoms with van der Waals surface area (Å²) in [5, 5.41) is 2.84. The van der Waals surface area contributed by atoms with Crippen LogP contribution in [0.3, 0.4) is 0 Å². The van der Waals surface area contributed by atoms with Crippen LogP contribution in [-0.2, 0) is 16.0 Å². The van der Waals surface area contributed by atoms with Crippen LogP contribution in [0, 0.1) is 0 Å². The molecular formula is C19H20BrNO3. The Bertz CT molecular complexity index is 688. The van der Waals surface area contributed by atoms with Crippen LogP contribution < -0.4 is 5.32 Å². The number of ether oxygens (including phenoxy) is 1. The Balaban J connectivity index is 1.71. The van der Waals surface area contributed by atoms with E-state index in [0.29, 0.717) is 5.56 Å². The van der Waals surface area contributed by atoms with Gasteiger partial charge in [-0.25, -0.2) is 4.79 Å². The van der Waals surface area contributed by atoms with Gasteiger partial charge < -0.3 is 10.1 Å². The minimum Gasteiger partial charge on any atom is -0.452 e. The standard InChI is InChI=1S/C19H20BrNO3/c1-14(10-11-15-6-3-2-4-7-15)21-18(22)13-24-19(23)16-8-5-9-17(20)12-16/h2-9,12,14H,10-11,13H2,1H3,(H,21,22)/t14-/m0/s1. The monoisotopic (exact) mass is 389 g/mol. The van der Waals surface area contributed by atoms with Gasteiger partial charge in [0.1, 0.15) is 0 Å². The molecule has 0 aliphatic carbocycles. The number of esters is 1. The average molecular weight is 390 g/mol. The smallest absolute Gasteiger partial charge is 0.338 e. The van der Waals surface area contributed by atoms with Crippen LogP contribution in [0.25, 0.3) is 0 Å². The summed E-state index contributed by atoms with van der Waals surface area (Å²) in [4.78, 5) is 23.7. The Labute approximate surface area is 150 Å². The Morgan fingerprint density at radius 1 is 1.12 bits per heavy atom. The van der Waals surface area contributed by atoms with E-state index in [-0.39, 0.29) is 18.6 Å².